The first-order chi connectivity index (χ1) is 8.07. The SMILES string of the molecule is CCCNCc1nnc(NC(C)(C)COC)o1. The Balaban J connectivity index is 2.45. The molecule has 0 spiro atoms. The van der Waals surface area contributed by atoms with Crippen LogP contribution in [0.25, 0.3) is 0 Å². The maximum Gasteiger partial charge on any atom is 0.316 e. The molecule has 6 heteroatoms. The lowest BCUT2D eigenvalue weighted by atomic mass is 10.1. The molecular formula is C11H22N4O2. The van der Waals surface area contributed by atoms with Crippen molar-refractivity contribution in [3.63, 3.8) is 0 Å². The summed E-state index contributed by atoms with van der Waals surface area (Å²) in [4.78, 5) is 0. The van der Waals surface area contributed by atoms with Crippen LogP contribution in [0.1, 0.15) is 33.1 Å². The van der Waals surface area contributed by atoms with E-state index < -0.39 is 0 Å². The Bertz CT molecular complexity index is 325. The number of rotatable bonds is 8. The van der Waals surface area contributed by atoms with Gasteiger partial charge in [-0.2, -0.15) is 0 Å². The Morgan fingerprint density at radius 2 is 2.12 bits per heavy atom. The summed E-state index contributed by atoms with van der Waals surface area (Å²) < 4.78 is 10.6. The minimum absolute atomic E-state index is 0.227. The summed E-state index contributed by atoms with van der Waals surface area (Å²) in [7, 11) is 1.66. The van der Waals surface area contributed by atoms with Gasteiger partial charge < -0.3 is 19.8 Å². The zero-order chi connectivity index (χ0) is 12.7. The van der Waals surface area contributed by atoms with Gasteiger partial charge in [-0.15, -0.1) is 5.10 Å². The highest BCUT2D eigenvalue weighted by Crippen LogP contribution is 2.13. The van der Waals surface area contributed by atoms with Gasteiger partial charge in [-0.05, 0) is 26.8 Å². The Hall–Kier alpha value is -1.14. The zero-order valence-corrected chi connectivity index (χ0v) is 11.0. The first-order valence-corrected chi connectivity index (χ1v) is 5.87. The van der Waals surface area contributed by atoms with E-state index in [9.17, 15) is 0 Å². The highest BCUT2D eigenvalue weighted by molar-refractivity contribution is 5.22. The molecule has 1 heterocycles. The van der Waals surface area contributed by atoms with Gasteiger partial charge in [-0.3, -0.25) is 0 Å². The fourth-order valence-electron chi connectivity index (χ4n) is 1.43. The number of ether oxygens (including phenoxy) is 1. The molecule has 0 aromatic carbocycles. The van der Waals surface area contributed by atoms with E-state index in [-0.39, 0.29) is 5.54 Å². The van der Waals surface area contributed by atoms with E-state index in [1.165, 1.54) is 0 Å². The van der Waals surface area contributed by atoms with Crippen LogP contribution in [0.3, 0.4) is 0 Å². The molecule has 0 bridgehead atoms. The second-order valence-corrected chi connectivity index (χ2v) is 4.62. The van der Waals surface area contributed by atoms with Gasteiger partial charge in [-0.25, -0.2) is 0 Å². The lowest BCUT2D eigenvalue weighted by molar-refractivity contribution is 0.156. The largest absolute Gasteiger partial charge is 0.407 e. The highest BCUT2D eigenvalue weighted by atomic mass is 16.5. The van der Waals surface area contributed by atoms with E-state index in [1.807, 2.05) is 13.8 Å². The first-order valence-electron chi connectivity index (χ1n) is 5.87. The standard InChI is InChI=1S/C11H22N4O2/c1-5-6-12-7-9-14-15-10(17-9)13-11(2,3)8-16-4/h12H,5-8H2,1-4H3,(H,13,15). The van der Waals surface area contributed by atoms with Crippen molar-refractivity contribution in [2.45, 2.75) is 39.3 Å². The molecule has 0 saturated carbocycles. The Kier molecular flexibility index (Phi) is 5.37. The molecule has 2 N–H and O–H groups in total. The topological polar surface area (TPSA) is 72.2 Å². The Labute approximate surface area is 102 Å². The number of nitrogens with one attached hydrogen (secondary N) is 2. The van der Waals surface area contributed by atoms with Gasteiger partial charge in [0.2, 0.25) is 5.89 Å². The third-order valence-electron chi connectivity index (χ3n) is 2.12. The van der Waals surface area contributed by atoms with Gasteiger partial charge in [0.1, 0.15) is 0 Å². The molecule has 6 nitrogen and oxygen atoms in total. The monoisotopic (exact) mass is 242 g/mol. The summed E-state index contributed by atoms with van der Waals surface area (Å²) in [6.07, 6.45) is 1.08. The molecule has 0 aliphatic rings. The molecule has 98 valence electrons. The fourth-order valence-corrected chi connectivity index (χ4v) is 1.43. The minimum atomic E-state index is -0.227. The Morgan fingerprint density at radius 3 is 2.76 bits per heavy atom. The fraction of sp³-hybridized carbons (Fsp3) is 0.818. The van der Waals surface area contributed by atoms with Crippen molar-refractivity contribution in [2.24, 2.45) is 0 Å². The van der Waals surface area contributed by atoms with Crippen LogP contribution in [0.5, 0.6) is 0 Å². The van der Waals surface area contributed by atoms with Crippen molar-refractivity contribution in [1.82, 2.24) is 15.5 Å². The van der Waals surface area contributed by atoms with Crippen LogP contribution in [-0.4, -0.2) is 36.0 Å². The molecule has 17 heavy (non-hydrogen) atoms. The summed E-state index contributed by atoms with van der Waals surface area (Å²) in [5.41, 5.74) is -0.227. The van der Waals surface area contributed by atoms with Gasteiger partial charge in [0.25, 0.3) is 0 Å². The number of nitrogens with zero attached hydrogens (tertiary/aromatic N) is 2. The van der Waals surface area contributed by atoms with Crippen molar-refractivity contribution < 1.29 is 9.15 Å². The van der Waals surface area contributed by atoms with Crippen LogP contribution >= 0.6 is 0 Å². The van der Waals surface area contributed by atoms with E-state index in [4.69, 9.17) is 9.15 Å². The summed E-state index contributed by atoms with van der Waals surface area (Å²) in [6, 6.07) is 0.431. The maximum absolute atomic E-state index is 5.46. The number of aromatic nitrogens is 2. The molecule has 0 aliphatic heterocycles. The second kappa shape index (κ2) is 6.56. The van der Waals surface area contributed by atoms with Crippen molar-refractivity contribution in [3.8, 4) is 0 Å². The van der Waals surface area contributed by atoms with Gasteiger partial charge in [0.05, 0.1) is 18.7 Å². The van der Waals surface area contributed by atoms with Crippen LogP contribution in [0.15, 0.2) is 4.42 Å². The van der Waals surface area contributed by atoms with Gasteiger partial charge in [-0.1, -0.05) is 12.0 Å². The summed E-state index contributed by atoms with van der Waals surface area (Å²) >= 11 is 0. The third-order valence-corrected chi connectivity index (χ3v) is 2.12. The minimum Gasteiger partial charge on any atom is -0.407 e. The molecular weight excluding hydrogens is 220 g/mol. The highest BCUT2D eigenvalue weighted by Gasteiger charge is 2.20. The quantitative estimate of drug-likeness (QED) is 0.671. The summed E-state index contributed by atoms with van der Waals surface area (Å²) in [6.45, 7) is 8.25. The predicted octanol–water partition coefficient (Wildman–Crippen LogP) is 1.41. The molecule has 0 aliphatic carbocycles. The first kappa shape index (κ1) is 13.9. The van der Waals surface area contributed by atoms with Crippen molar-refractivity contribution in [1.29, 1.82) is 0 Å². The van der Waals surface area contributed by atoms with E-state index >= 15 is 0 Å². The van der Waals surface area contributed by atoms with Gasteiger partial charge in [0, 0.05) is 7.11 Å². The lowest BCUT2D eigenvalue weighted by Crippen LogP contribution is -2.36. The molecule has 0 fully saturated rings. The zero-order valence-electron chi connectivity index (χ0n) is 11.0. The molecule has 0 amide bonds. The molecule has 1 aromatic rings. The molecule has 0 unspecified atom stereocenters. The van der Waals surface area contributed by atoms with Crippen LogP contribution in [-0.2, 0) is 11.3 Å². The molecule has 1 rings (SSSR count). The van der Waals surface area contributed by atoms with E-state index in [1.54, 1.807) is 7.11 Å². The predicted molar refractivity (Wildman–Crippen MR) is 65.9 cm³/mol. The second-order valence-electron chi connectivity index (χ2n) is 4.62. The molecule has 1 aromatic heterocycles. The number of hydrogen-bond acceptors (Lipinski definition) is 6. The molecule has 0 atom stereocenters. The summed E-state index contributed by atoms with van der Waals surface area (Å²) in [5, 5.41) is 14.2. The average Bonchev–Trinajstić information content (AvgIpc) is 2.65. The smallest absolute Gasteiger partial charge is 0.316 e. The molecule has 0 radical (unpaired) electrons. The van der Waals surface area contributed by atoms with Crippen molar-refractivity contribution >= 4 is 6.01 Å². The average molecular weight is 242 g/mol. The van der Waals surface area contributed by atoms with E-state index in [2.05, 4.69) is 27.8 Å². The van der Waals surface area contributed by atoms with E-state index in [0.29, 0.717) is 25.1 Å². The van der Waals surface area contributed by atoms with Gasteiger partial charge >= 0.3 is 6.01 Å². The van der Waals surface area contributed by atoms with Crippen LogP contribution in [0.2, 0.25) is 0 Å². The number of methoxy groups -OCH3 is 1. The third kappa shape index (κ3) is 5.14. The van der Waals surface area contributed by atoms with Crippen LogP contribution in [0, 0.1) is 0 Å². The molecule has 0 saturated heterocycles. The normalized spacial score (nSPS) is 11.8. The Morgan fingerprint density at radius 1 is 1.35 bits per heavy atom. The summed E-state index contributed by atoms with van der Waals surface area (Å²) in [5.74, 6) is 0.592. The van der Waals surface area contributed by atoms with Gasteiger partial charge in [0.15, 0.2) is 0 Å². The maximum atomic E-state index is 5.46. The number of anilines is 1. The lowest BCUT2D eigenvalue weighted by Gasteiger charge is -2.23. The van der Waals surface area contributed by atoms with Crippen molar-refractivity contribution in [2.75, 3.05) is 25.6 Å². The van der Waals surface area contributed by atoms with Crippen LogP contribution < -0.4 is 10.6 Å². The number of hydrogen-bond donors (Lipinski definition) is 2. The van der Waals surface area contributed by atoms with Crippen LogP contribution in [0.4, 0.5) is 6.01 Å². The van der Waals surface area contributed by atoms with Crippen molar-refractivity contribution in [3.05, 3.63) is 5.89 Å². The van der Waals surface area contributed by atoms with E-state index in [0.717, 1.165) is 13.0 Å².